The van der Waals surface area contributed by atoms with Crippen molar-refractivity contribution < 1.29 is 18.0 Å². The number of carbonyl (C=O) groups is 1. The molecular weight excluding hydrogens is 237 g/mol. The predicted molar refractivity (Wildman–Crippen MR) is 58.3 cm³/mol. The Morgan fingerprint density at radius 3 is 2.25 bits per heavy atom. The molecule has 0 fully saturated rings. The molecule has 0 aliphatic carbocycles. The second-order valence-electron chi connectivity index (χ2n) is 2.97. The highest BCUT2D eigenvalue weighted by atomic mass is 32.2. The second kappa shape index (κ2) is 5.21. The Morgan fingerprint density at radius 2 is 1.81 bits per heavy atom. The molecule has 0 unspecified atom stereocenters. The lowest BCUT2D eigenvalue weighted by atomic mass is 10.2. The van der Waals surface area contributed by atoms with Gasteiger partial charge in [0.05, 0.1) is 0 Å². The summed E-state index contributed by atoms with van der Waals surface area (Å²) < 4.78 is 35.6. The van der Waals surface area contributed by atoms with Crippen molar-refractivity contribution in [3.8, 4) is 0 Å². The molecule has 0 bridgehead atoms. The molecule has 0 saturated heterocycles. The number of carbonyl (C=O) groups excluding carboxylic acids is 1. The highest BCUT2D eigenvalue weighted by Crippen LogP contribution is 2.18. The van der Waals surface area contributed by atoms with Gasteiger partial charge in [-0.05, 0) is 30.0 Å². The molecule has 0 aromatic heterocycles. The quantitative estimate of drug-likeness (QED) is 0.599. The molecule has 0 aliphatic rings. The van der Waals surface area contributed by atoms with E-state index in [-0.39, 0.29) is 0 Å². The monoisotopic (exact) mass is 246 g/mol. The summed E-state index contributed by atoms with van der Waals surface area (Å²) in [6.07, 6.45) is -1.21. The molecule has 0 atom stereocenters. The van der Waals surface area contributed by atoms with Gasteiger partial charge in [0.25, 0.3) is 5.78 Å². The molecule has 0 spiro atoms. The fraction of sp³-hybridized carbons (Fsp3) is 0.182. The Labute approximate surface area is 95.3 Å². The van der Waals surface area contributed by atoms with Crippen LogP contribution in [-0.4, -0.2) is 18.2 Å². The molecule has 1 aromatic rings. The van der Waals surface area contributed by atoms with Crippen molar-refractivity contribution >= 4 is 23.6 Å². The Balaban J connectivity index is 2.73. The molecule has 16 heavy (non-hydrogen) atoms. The van der Waals surface area contributed by atoms with Gasteiger partial charge in [-0.3, -0.25) is 4.79 Å². The third kappa shape index (κ3) is 3.73. The molecule has 5 heteroatoms. The molecule has 0 radical (unpaired) electrons. The van der Waals surface area contributed by atoms with Crippen LogP contribution in [0.1, 0.15) is 5.56 Å². The van der Waals surface area contributed by atoms with Crippen LogP contribution in [0.3, 0.4) is 0 Å². The first kappa shape index (κ1) is 12.8. The first-order chi connectivity index (χ1) is 7.43. The van der Waals surface area contributed by atoms with Crippen molar-refractivity contribution in [2.24, 2.45) is 0 Å². The zero-order chi connectivity index (χ0) is 12.2. The standard InChI is InChI=1S/C11H9F3OS/c1-16-9-5-2-8(3-6-9)4-7-10(15)11(12,13)14/h2-7H,1H3. The molecule has 0 N–H and O–H groups in total. The van der Waals surface area contributed by atoms with Crippen LogP contribution in [-0.2, 0) is 4.79 Å². The number of allylic oxidation sites excluding steroid dienone is 1. The number of ketones is 1. The fourth-order valence-electron chi connectivity index (χ4n) is 0.981. The lowest BCUT2D eigenvalue weighted by Crippen LogP contribution is -2.19. The minimum absolute atomic E-state index is 0.536. The van der Waals surface area contributed by atoms with Gasteiger partial charge in [0.2, 0.25) is 0 Å². The van der Waals surface area contributed by atoms with Crippen molar-refractivity contribution in [2.45, 2.75) is 11.1 Å². The average molecular weight is 246 g/mol. The third-order valence-electron chi connectivity index (χ3n) is 1.82. The number of rotatable bonds is 3. The van der Waals surface area contributed by atoms with Gasteiger partial charge in [-0.1, -0.05) is 18.2 Å². The lowest BCUT2D eigenvalue weighted by Gasteiger charge is -2.00. The summed E-state index contributed by atoms with van der Waals surface area (Å²) in [6.45, 7) is 0. The zero-order valence-corrected chi connectivity index (χ0v) is 9.23. The number of thioether (sulfide) groups is 1. The van der Waals surface area contributed by atoms with E-state index in [9.17, 15) is 18.0 Å². The van der Waals surface area contributed by atoms with Gasteiger partial charge in [0.15, 0.2) is 0 Å². The van der Waals surface area contributed by atoms with Crippen molar-refractivity contribution in [1.82, 2.24) is 0 Å². The van der Waals surface area contributed by atoms with Crippen LogP contribution in [0.5, 0.6) is 0 Å². The van der Waals surface area contributed by atoms with E-state index in [4.69, 9.17) is 0 Å². The maximum atomic E-state index is 11.9. The van der Waals surface area contributed by atoms with Crippen LogP contribution < -0.4 is 0 Å². The number of benzene rings is 1. The summed E-state index contributed by atoms with van der Waals surface area (Å²) in [5.41, 5.74) is 0.565. The van der Waals surface area contributed by atoms with Crippen LogP contribution in [0, 0.1) is 0 Å². The van der Waals surface area contributed by atoms with Gasteiger partial charge in [-0.15, -0.1) is 11.8 Å². The second-order valence-corrected chi connectivity index (χ2v) is 3.85. The third-order valence-corrected chi connectivity index (χ3v) is 2.57. The number of hydrogen-bond donors (Lipinski definition) is 0. The van der Waals surface area contributed by atoms with Crippen LogP contribution in [0.15, 0.2) is 35.2 Å². The normalized spacial score (nSPS) is 12.0. The summed E-state index contributed by atoms with van der Waals surface area (Å²) in [6, 6.07) is 6.88. The van der Waals surface area contributed by atoms with Gasteiger partial charge in [0.1, 0.15) is 0 Å². The first-order valence-corrected chi connectivity index (χ1v) is 5.59. The summed E-state index contributed by atoms with van der Waals surface area (Å²) in [7, 11) is 0. The van der Waals surface area contributed by atoms with E-state index in [1.807, 2.05) is 6.26 Å². The maximum absolute atomic E-state index is 11.9. The van der Waals surface area contributed by atoms with Crippen LogP contribution in [0.4, 0.5) is 13.2 Å². The molecule has 0 amide bonds. The van der Waals surface area contributed by atoms with Gasteiger partial charge < -0.3 is 0 Å². The Bertz CT molecular complexity index is 393. The summed E-state index contributed by atoms with van der Waals surface area (Å²) >= 11 is 1.54. The van der Waals surface area contributed by atoms with E-state index in [2.05, 4.69) is 0 Å². The van der Waals surface area contributed by atoms with E-state index in [1.165, 1.54) is 11.8 Å². The van der Waals surface area contributed by atoms with Gasteiger partial charge in [-0.2, -0.15) is 13.2 Å². The average Bonchev–Trinajstić information content (AvgIpc) is 2.25. The SMILES string of the molecule is CSc1ccc(C=CC(=O)C(F)(F)F)cc1. The van der Waals surface area contributed by atoms with Crippen molar-refractivity contribution in [3.05, 3.63) is 35.9 Å². The number of hydrogen-bond acceptors (Lipinski definition) is 2. The molecular formula is C11H9F3OS. The highest BCUT2D eigenvalue weighted by molar-refractivity contribution is 7.98. The van der Waals surface area contributed by atoms with Gasteiger partial charge in [-0.25, -0.2) is 0 Å². The maximum Gasteiger partial charge on any atom is 0.454 e. The zero-order valence-electron chi connectivity index (χ0n) is 8.41. The van der Waals surface area contributed by atoms with Crippen molar-refractivity contribution in [3.63, 3.8) is 0 Å². The Kier molecular flexibility index (Phi) is 4.18. The summed E-state index contributed by atoms with van der Waals surface area (Å²) in [5.74, 6) is -1.85. The van der Waals surface area contributed by atoms with Gasteiger partial charge in [0, 0.05) is 4.90 Å². The number of alkyl halides is 3. The Hall–Kier alpha value is -1.23. The minimum atomic E-state index is -4.80. The summed E-state index contributed by atoms with van der Waals surface area (Å²) in [4.78, 5) is 11.6. The smallest absolute Gasteiger partial charge is 0.285 e. The van der Waals surface area contributed by atoms with Gasteiger partial charge >= 0.3 is 6.18 Å². The Morgan fingerprint density at radius 1 is 1.25 bits per heavy atom. The van der Waals surface area contributed by atoms with E-state index in [1.54, 1.807) is 24.3 Å². The minimum Gasteiger partial charge on any atom is -0.285 e. The van der Waals surface area contributed by atoms with Crippen molar-refractivity contribution in [1.29, 1.82) is 0 Å². The topological polar surface area (TPSA) is 17.1 Å². The molecule has 1 aromatic carbocycles. The van der Waals surface area contributed by atoms with Crippen molar-refractivity contribution in [2.75, 3.05) is 6.26 Å². The van der Waals surface area contributed by atoms with Crippen LogP contribution in [0.2, 0.25) is 0 Å². The molecule has 0 heterocycles. The molecule has 1 rings (SSSR count). The summed E-state index contributed by atoms with van der Waals surface area (Å²) in [5, 5.41) is 0. The molecule has 0 saturated carbocycles. The predicted octanol–water partition coefficient (Wildman–Crippen LogP) is 3.55. The van der Waals surface area contributed by atoms with Crippen LogP contribution >= 0.6 is 11.8 Å². The largest absolute Gasteiger partial charge is 0.454 e. The van der Waals surface area contributed by atoms with E-state index in [0.29, 0.717) is 11.6 Å². The lowest BCUT2D eigenvalue weighted by molar-refractivity contribution is -0.165. The number of halogens is 3. The first-order valence-electron chi connectivity index (χ1n) is 4.37. The highest BCUT2D eigenvalue weighted by Gasteiger charge is 2.35. The fourth-order valence-corrected chi connectivity index (χ4v) is 1.39. The van der Waals surface area contributed by atoms with E-state index in [0.717, 1.165) is 11.0 Å². The molecule has 0 aliphatic heterocycles. The van der Waals surface area contributed by atoms with Crippen LogP contribution in [0.25, 0.3) is 6.08 Å². The molecule has 86 valence electrons. The van der Waals surface area contributed by atoms with E-state index >= 15 is 0 Å². The van der Waals surface area contributed by atoms with E-state index < -0.39 is 12.0 Å². The molecule has 1 nitrogen and oxygen atoms in total.